The Bertz CT molecular complexity index is 254. The summed E-state index contributed by atoms with van der Waals surface area (Å²) in [6.07, 6.45) is 11.4. The summed E-state index contributed by atoms with van der Waals surface area (Å²) < 4.78 is 0. The molecule has 0 amide bonds. The number of hydrogen-bond acceptors (Lipinski definition) is 2. The molecule has 0 aromatic rings. The Hall–Kier alpha value is -0.0800. The minimum Gasteiger partial charge on any atom is -0.312 e. The van der Waals surface area contributed by atoms with Crippen LogP contribution in [-0.2, 0) is 0 Å². The molecule has 2 saturated carbocycles. The van der Waals surface area contributed by atoms with Crippen LogP contribution in [0.5, 0.6) is 0 Å². The molecule has 0 bridgehead atoms. The topological polar surface area (TPSA) is 15.3 Å². The molecule has 0 spiro atoms. The number of hydrogen-bond donors (Lipinski definition) is 1. The van der Waals surface area contributed by atoms with Crippen molar-refractivity contribution >= 4 is 0 Å². The van der Waals surface area contributed by atoms with Gasteiger partial charge in [-0.2, -0.15) is 0 Å². The van der Waals surface area contributed by atoms with Gasteiger partial charge in [0.15, 0.2) is 0 Å². The molecule has 1 N–H and O–H groups in total. The Morgan fingerprint density at radius 1 is 0.895 bits per heavy atom. The van der Waals surface area contributed by atoms with E-state index in [1.54, 1.807) is 0 Å². The maximum atomic E-state index is 3.81. The van der Waals surface area contributed by atoms with E-state index in [1.807, 2.05) is 0 Å². The quantitative estimate of drug-likeness (QED) is 0.817. The highest BCUT2D eigenvalue weighted by Crippen LogP contribution is 2.27. The first-order valence-electron chi connectivity index (χ1n) is 8.62. The molecule has 4 atom stereocenters. The van der Waals surface area contributed by atoms with Gasteiger partial charge in [-0.15, -0.1) is 0 Å². The Morgan fingerprint density at radius 2 is 1.53 bits per heavy atom. The second kappa shape index (κ2) is 7.64. The van der Waals surface area contributed by atoms with E-state index in [1.165, 1.54) is 64.5 Å². The van der Waals surface area contributed by atoms with E-state index in [0.29, 0.717) is 0 Å². The summed E-state index contributed by atoms with van der Waals surface area (Å²) in [6, 6.07) is 1.62. The molecule has 2 aliphatic carbocycles. The Kier molecular flexibility index (Phi) is 6.15. The molecule has 2 rings (SSSR count). The van der Waals surface area contributed by atoms with Gasteiger partial charge >= 0.3 is 0 Å². The van der Waals surface area contributed by atoms with Crippen LogP contribution in [0.25, 0.3) is 0 Å². The highest BCUT2D eigenvalue weighted by atomic mass is 15.1. The first-order valence-corrected chi connectivity index (χ1v) is 8.62. The Morgan fingerprint density at radius 3 is 2.21 bits per heavy atom. The molecule has 0 aromatic heterocycles. The van der Waals surface area contributed by atoms with Crippen molar-refractivity contribution in [1.29, 1.82) is 0 Å². The van der Waals surface area contributed by atoms with Crippen LogP contribution in [0.3, 0.4) is 0 Å². The zero-order valence-electron chi connectivity index (χ0n) is 13.3. The van der Waals surface area contributed by atoms with Gasteiger partial charge in [0, 0.05) is 25.2 Å². The van der Waals surface area contributed by atoms with Gasteiger partial charge < -0.3 is 10.2 Å². The second-order valence-corrected chi connectivity index (χ2v) is 7.13. The Balaban J connectivity index is 1.66. The lowest BCUT2D eigenvalue weighted by Gasteiger charge is -2.37. The predicted octanol–water partition coefficient (Wildman–Crippen LogP) is 3.67. The maximum Gasteiger partial charge on any atom is 0.0118 e. The number of nitrogens with zero attached hydrogens (tertiary/aromatic N) is 1. The molecule has 2 nitrogen and oxygen atoms in total. The molecule has 0 aliphatic heterocycles. The number of rotatable bonds is 5. The monoisotopic (exact) mass is 266 g/mol. The first kappa shape index (κ1) is 15.3. The lowest BCUT2D eigenvalue weighted by atomic mass is 9.85. The molecular weight excluding hydrogens is 232 g/mol. The summed E-state index contributed by atoms with van der Waals surface area (Å²) in [5, 5.41) is 3.81. The lowest BCUT2D eigenvalue weighted by Crippen LogP contribution is -2.45. The van der Waals surface area contributed by atoms with Crippen molar-refractivity contribution in [3.05, 3.63) is 0 Å². The molecule has 0 heterocycles. The minimum absolute atomic E-state index is 0.783. The molecule has 2 aliphatic rings. The highest BCUT2D eigenvalue weighted by molar-refractivity contribution is 4.81. The van der Waals surface area contributed by atoms with Crippen LogP contribution in [0.4, 0.5) is 0 Å². The summed E-state index contributed by atoms with van der Waals surface area (Å²) in [5.74, 6) is 1.78. The minimum atomic E-state index is 0.783. The summed E-state index contributed by atoms with van der Waals surface area (Å²) in [7, 11) is 2.33. The van der Waals surface area contributed by atoms with E-state index in [9.17, 15) is 0 Å². The van der Waals surface area contributed by atoms with Crippen molar-refractivity contribution in [3.63, 3.8) is 0 Å². The van der Waals surface area contributed by atoms with Crippen LogP contribution in [0.2, 0.25) is 0 Å². The predicted molar refractivity (Wildman–Crippen MR) is 83.5 cm³/mol. The molecule has 0 saturated heterocycles. The highest BCUT2D eigenvalue weighted by Gasteiger charge is 2.25. The van der Waals surface area contributed by atoms with Gasteiger partial charge in [-0.3, -0.25) is 0 Å². The van der Waals surface area contributed by atoms with E-state index >= 15 is 0 Å². The normalized spacial score (nSPS) is 36.6. The van der Waals surface area contributed by atoms with E-state index in [4.69, 9.17) is 0 Å². The average Bonchev–Trinajstić information content (AvgIpc) is 2.41. The fraction of sp³-hybridized carbons (Fsp3) is 1.00. The lowest BCUT2D eigenvalue weighted by molar-refractivity contribution is 0.137. The molecule has 19 heavy (non-hydrogen) atoms. The SMILES string of the molecule is CC1CCCCC1NCCN(C)C1CCCCC1C. The largest absolute Gasteiger partial charge is 0.312 e. The molecule has 2 heteroatoms. The van der Waals surface area contributed by atoms with Crippen LogP contribution in [0, 0.1) is 11.8 Å². The molecule has 0 aromatic carbocycles. The fourth-order valence-corrected chi connectivity index (χ4v) is 4.16. The van der Waals surface area contributed by atoms with Gasteiger partial charge in [-0.25, -0.2) is 0 Å². The van der Waals surface area contributed by atoms with Crippen molar-refractivity contribution in [1.82, 2.24) is 10.2 Å². The molecule has 0 radical (unpaired) electrons. The van der Waals surface area contributed by atoms with Crippen molar-refractivity contribution in [2.45, 2.75) is 77.3 Å². The van der Waals surface area contributed by atoms with Crippen LogP contribution >= 0.6 is 0 Å². The number of nitrogens with one attached hydrogen (secondary N) is 1. The van der Waals surface area contributed by atoms with E-state index in [-0.39, 0.29) is 0 Å². The zero-order chi connectivity index (χ0) is 13.7. The number of likely N-dealkylation sites (N-methyl/N-ethyl adjacent to an activating group) is 1. The summed E-state index contributed by atoms with van der Waals surface area (Å²) in [6.45, 7) is 7.26. The van der Waals surface area contributed by atoms with Gasteiger partial charge in [0.2, 0.25) is 0 Å². The molecule has 2 fully saturated rings. The third kappa shape index (κ3) is 4.46. The molecule has 4 unspecified atom stereocenters. The van der Waals surface area contributed by atoms with Crippen molar-refractivity contribution in [2.24, 2.45) is 11.8 Å². The van der Waals surface area contributed by atoms with E-state index < -0.39 is 0 Å². The fourth-order valence-electron chi connectivity index (χ4n) is 4.16. The average molecular weight is 266 g/mol. The smallest absolute Gasteiger partial charge is 0.0118 e. The first-order chi connectivity index (χ1) is 9.18. The molecule has 112 valence electrons. The van der Waals surface area contributed by atoms with E-state index in [0.717, 1.165) is 23.9 Å². The second-order valence-electron chi connectivity index (χ2n) is 7.13. The van der Waals surface area contributed by atoms with E-state index in [2.05, 4.69) is 31.1 Å². The van der Waals surface area contributed by atoms with Crippen LogP contribution < -0.4 is 5.32 Å². The van der Waals surface area contributed by atoms with Gasteiger partial charge in [-0.05, 0) is 44.6 Å². The van der Waals surface area contributed by atoms with Crippen LogP contribution in [-0.4, -0.2) is 37.1 Å². The molecular formula is C17H34N2. The van der Waals surface area contributed by atoms with Gasteiger partial charge in [0.25, 0.3) is 0 Å². The standard InChI is InChI=1S/C17H34N2/c1-14-8-4-6-10-16(14)18-12-13-19(3)17-11-7-5-9-15(17)2/h14-18H,4-13H2,1-3H3. The summed E-state index contributed by atoms with van der Waals surface area (Å²) >= 11 is 0. The van der Waals surface area contributed by atoms with Crippen LogP contribution in [0.1, 0.15) is 65.2 Å². The van der Waals surface area contributed by atoms with Crippen molar-refractivity contribution in [3.8, 4) is 0 Å². The third-order valence-electron chi connectivity index (χ3n) is 5.61. The Labute approximate surface area is 120 Å². The van der Waals surface area contributed by atoms with Crippen LogP contribution in [0.15, 0.2) is 0 Å². The maximum absolute atomic E-state index is 3.81. The van der Waals surface area contributed by atoms with Crippen molar-refractivity contribution < 1.29 is 0 Å². The zero-order valence-corrected chi connectivity index (χ0v) is 13.3. The summed E-state index contributed by atoms with van der Waals surface area (Å²) in [4.78, 5) is 2.62. The summed E-state index contributed by atoms with van der Waals surface area (Å²) in [5.41, 5.74) is 0. The third-order valence-corrected chi connectivity index (χ3v) is 5.61. The van der Waals surface area contributed by atoms with Gasteiger partial charge in [-0.1, -0.05) is 39.5 Å². The van der Waals surface area contributed by atoms with Gasteiger partial charge in [0.1, 0.15) is 0 Å². The van der Waals surface area contributed by atoms with Crippen molar-refractivity contribution in [2.75, 3.05) is 20.1 Å². The van der Waals surface area contributed by atoms with Gasteiger partial charge in [0.05, 0.1) is 0 Å².